The molecule has 3 heteroatoms. The minimum atomic E-state index is 0.317. The van der Waals surface area contributed by atoms with Crippen molar-refractivity contribution in [2.24, 2.45) is 5.41 Å². The van der Waals surface area contributed by atoms with E-state index in [4.69, 9.17) is 4.42 Å². The van der Waals surface area contributed by atoms with Gasteiger partial charge in [-0.15, -0.1) is 0 Å². The maximum atomic E-state index is 5.60. The first-order chi connectivity index (χ1) is 8.28. The van der Waals surface area contributed by atoms with Crippen molar-refractivity contribution in [2.45, 2.75) is 53.8 Å². The fourth-order valence-electron chi connectivity index (χ4n) is 2.09. The molecule has 18 heavy (non-hydrogen) atoms. The lowest BCUT2D eigenvalue weighted by Crippen LogP contribution is -2.29. The van der Waals surface area contributed by atoms with Gasteiger partial charge >= 0.3 is 0 Å². The van der Waals surface area contributed by atoms with Gasteiger partial charge in [0, 0.05) is 24.7 Å². The van der Waals surface area contributed by atoms with Gasteiger partial charge in [-0.1, -0.05) is 34.6 Å². The highest BCUT2D eigenvalue weighted by molar-refractivity contribution is 5.16. The summed E-state index contributed by atoms with van der Waals surface area (Å²) in [4.78, 5) is 2.32. The zero-order valence-electron chi connectivity index (χ0n) is 12.7. The molecule has 1 aromatic heterocycles. The van der Waals surface area contributed by atoms with Crippen LogP contribution in [0, 0.1) is 5.41 Å². The van der Waals surface area contributed by atoms with Crippen LogP contribution in [0.25, 0.3) is 0 Å². The Morgan fingerprint density at radius 2 is 2.00 bits per heavy atom. The Labute approximate surface area is 112 Å². The van der Waals surface area contributed by atoms with Crippen LogP contribution in [-0.2, 0) is 13.1 Å². The second kappa shape index (κ2) is 6.39. The van der Waals surface area contributed by atoms with Crippen molar-refractivity contribution < 1.29 is 4.42 Å². The van der Waals surface area contributed by atoms with E-state index < -0.39 is 0 Å². The largest absolute Gasteiger partial charge is 0.468 e. The second-order valence-electron chi connectivity index (χ2n) is 6.64. The fourth-order valence-corrected chi connectivity index (χ4v) is 2.09. The molecule has 0 aliphatic heterocycles. The fraction of sp³-hybridized carbons (Fsp3) is 0.733. The zero-order chi connectivity index (χ0) is 13.8. The van der Waals surface area contributed by atoms with E-state index in [1.54, 1.807) is 6.26 Å². The summed E-state index contributed by atoms with van der Waals surface area (Å²) < 4.78 is 5.60. The summed E-state index contributed by atoms with van der Waals surface area (Å²) in [5.41, 5.74) is 1.59. The van der Waals surface area contributed by atoms with Gasteiger partial charge in [0.15, 0.2) is 0 Å². The van der Waals surface area contributed by atoms with Crippen LogP contribution in [-0.4, -0.2) is 24.5 Å². The predicted molar refractivity (Wildman–Crippen MR) is 76.5 cm³/mol. The molecule has 0 aliphatic rings. The summed E-state index contributed by atoms with van der Waals surface area (Å²) in [5.74, 6) is 1.08. The van der Waals surface area contributed by atoms with Crippen molar-refractivity contribution in [2.75, 3.05) is 13.6 Å². The number of nitrogens with one attached hydrogen (secondary N) is 1. The molecule has 0 spiro atoms. The molecular weight excluding hydrogens is 224 g/mol. The lowest BCUT2D eigenvalue weighted by Gasteiger charge is -2.26. The summed E-state index contributed by atoms with van der Waals surface area (Å²) in [6.07, 6.45) is 1.79. The van der Waals surface area contributed by atoms with Crippen molar-refractivity contribution in [3.63, 3.8) is 0 Å². The summed E-state index contributed by atoms with van der Waals surface area (Å²) in [7, 11) is 2.15. The minimum absolute atomic E-state index is 0.317. The first-order valence-electron chi connectivity index (χ1n) is 6.75. The molecule has 0 atom stereocenters. The van der Waals surface area contributed by atoms with Crippen LogP contribution >= 0.6 is 0 Å². The van der Waals surface area contributed by atoms with Gasteiger partial charge in [0.25, 0.3) is 0 Å². The van der Waals surface area contributed by atoms with E-state index in [2.05, 4.69) is 57.9 Å². The molecule has 104 valence electrons. The van der Waals surface area contributed by atoms with Crippen LogP contribution in [0.4, 0.5) is 0 Å². The summed E-state index contributed by atoms with van der Waals surface area (Å²) in [6.45, 7) is 13.9. The van der Waals surface area contributed by atoms with Crippen molar-refractivity contribution in [1.29, 1.82) is 0 Å². The van der Waals surface area contributed by atoms with Gasteiger partial charge in [0.1, 0.15) is 5.76 Å². The van der Waals surface area contributed by atoms with E-state index in [9.17, 15) is 0 Å². The molecule has 1 rings (SSSR count). The lowest BCUT2D eigenvalue weighted by atomic mass is 9.96. The molecule has 0 bridgehead atoms. The van der Waals surface area contributed by atoms with E-state index in [1.807, 2.05) is 0 Å². The molecule has 0 aliphatic carbocycles. The van der Waals surface area contributed by atoms with Gasteiger partial charge < -0.3 is 9.73 Å². The van der Waals surface area contributed by atoms with E-state index in [-0.39, 0.29) is 0 Å². The van der Waals surface area contributed by atoms with Gasteiger partial charge in [-0.05, 0) is 18.5 Å². The third-order valence-corrected chi connectivity index (χ3v) is 2.70. The van der Waals surface area contributed by atoms with Crippen LogP contribution in [0.1, 0.15) is 45.9 Å². The standard InChI is InChI=1S/C15H28N2O/c1-12(2)16-9-13-7-8-18-14(13)10-17(6)11-15(3,4)5/h7-8,12,16H,9-11H2,1-6H3. The SMILES string of the molecule is CC(C)NCc1ccoc1CN(C)CC(C)(C)C. The van der Waals surface area contributed by atoms with E-state index in [0.717, 1.165) is 25.4 Å². The summed E-state index contributed by atoms with van der Waals surface area (Å²) in [6, 6.07) is 2.57. The average molecular weight is 252 g/mol. The maximum absolute atomic E-state index is 5.60. The average Bonchev–Trinajstić information content (AvgIpc) is 2.59. The third kappa shape index (κ3) is 5.69. The molecule has 3 nitrogen and oxygen atoms in total. The van der Waals surface area contributed by atoms with Crippen molar-refractivity contribution in [1.82, 2.24) is 10.2 Å². The Morgan fingerprint density at radius 1 is 1.33 bits per heavy atom. The first-order valence-corrected chi connectivity index (χ1v) is 6.75. The molecule has 1 heterocycles. The van der Waals surface area contributed by atoms with Gasteiger partial charge in [0.05, 0.1) is 12.8 Å². The molecular formula is C15H28N2O. The van der Waals surface area contributed by atoms with Crippen molar-refractivity contribution >= 4 is 0 Å². The van der Waals surface area contributed by atoms with Crippen LogP contribution in [0.5, 0.6) is 0 Å². The number of furan rings is 1. The van der Waals surface area contributed by atoms with E-state index >= 15 is 0 Å². The third-order valence-electron chi connectivity index (χ3n) is 2.70. The molecule has 0 aromatic carbocycles. The maximum Gasteiger partial charge on any atom is 0.122 e. The first kappa shape index (κ1) is 15.3. The predicted octanol–water partition coefficient (Wildman–Crippen LogP) is 3.26. The monoisotopic (exact) mass is 252 g/mol. The van der Waals surface area contributed by atoms with E-state index in [1.165, 1.54) is 5.56 Å². The highest BCUT2D eigenvalue weighted by atomic mass is 16.3. The molecule has 0 saturated heterocycles. The van der Waals surface area contributed by atoms with Crippen molar-refractivity contribution in [3.8, 4) is 0 Å². The molecule has 1 aromatic rings. The zero-order valence-corrected chi connectivity index (χ0v) is 12.7. The molecule has 0 amide bonds. The lowest BCUT2D eigenvalue weighted by molar-refractivity contribution is 0.207. The quantitative estimate of drug-likeness (QED) is 0.842. The van der Waals surface area contributed by atoms with Crippen molar-refractivity contribution in [3.05, 3.63) is 23.7 Å². The summed E-state index contributed by atoms with van der Waals surface area (Å²) in [5, 5.41) is 3.43. The topological polar surface area (TPSA) is 28.4 Å². The number of hydrogen-bond donors (Lipinski definition) is 1. The highest BCUT2D eigenvalue weighted by Crippen LogP contribution is 2.18. The van der Waals surface area contributed by atoms with Crippen LogP contribution in [0.2, 0.25) is 0 Å². The Bertz CT molecular complexity index is 350. The smallest absolute Gasteiger partial charge is 0.122 e. The molecule has 0 radical (unpaired) electrons. The highest BCUT2D eigenvalue weighted by Gasteiger charge is 2.16. The molecule has 0 unspecified atom stereocenters. The Hall–Kier alpha value is -0.800. The normalized spacial score (nSPS) is 12.7. The van der Waals surface area contributed by atoms with Crippen LogP contribution < -0.4 is 5.32 Å². The second-order valence-corrected chi connectivity index (χ2v) is 6.64. The van der Waals surface area contributed by atoms with Gasteiger partial charge in [0.2, 0.25) is 0 Å². The number of rotatable bonds is 6. The van der Waals surface area contributed by atoms with Gasteiger partial charge in [-0.3, -0.25) is 4.90 Å². The molecule has 0 saturated carbocycles. The number of hydrogen-bond acceptors (Lipinski definition) is 3. The molecule has 1 N–H and O–H groups in total. The van der Waals surface area contributed by atoms with Gasteiger partial charge in [-0.2, -0.15) is 0 Å². The van der Waals surface area contributed by atoms with Crippen LogP contribution in [0.15, 0.2) is 16.7 Å². The van der Waals surface area contributed by atoms with Gasteiger partial charge in [-0.25, -0.2) is 0 Å². The summed E-state index contributed by atoms with van der Waals surface area (Å²) >= 11 is 0. The molecule has 0 fully saturated rings. The number of nitrogens with zero attached hydrogens (tertiary/aromatic N) is 1. The Kier molecular flexibility index (Phi) is 5.42. The Morgan fingerprint density at radius 3 is 2.56 bits per heavy atom. The minimum Gasteiger partial charge on any atom is -0.468 e. The van der Waals surface area contributed by atoms with E-state index in [0.29, 0.717) is 11.5 Å². The van der Waals surface area contributed by atoms with Crippen LogP contribution in [0.3, 0.4) is 0 Å². The Balaban J connectivity index is 2.54.